The van der Waals surface area contributed by atoms with Crippen LogP contribution in [0.5, 0.6) is 11.6 Å². The Bertz CT molecular complexity index is 1240. The summed E-state index contributed by atoms with van der Waals surface area (Å²) in [5.74, 6) is 0.858. The molecule has 32 heavy (non-hydrogen) atoms. The number of hydrogen-bond donors (Lipinski definition) is 1. The Hall–Kier alpha value is -3.24. The molecular weight excluding hydrogens is 439 g/mol. The van der Waals surface area contributed by atoms with Gasteiger partial charge in [-0.1, -0.05) is 29.5 Å². The van der Waals surface area contributed by atoms with Gasteiger partial charge in [-0.3, -0.25) is 0 Å². The van der Waals surface area contributed by atoms with Gasteiger partial charge in [0.15, 0.2) is 10.9 Å². The zero-order chi connectivity index (χ0) is 22.1. The third-order valence-electron chi connectivity index (χ3n) is 5.12. The van der Waals surface area contributed by atoms with Crippen molar-refractivity contribution in [1.82, 2.24) is 20.3 Å². The molecule has 1 saturated heterocycles. The maximum absolute atomic E-state index is 12.8. The second-order valence-corrected chi connectivity index (χ2v) is 8.26. The highest BCUT2D eigenvalue weighted by molar-refractivity contribution is 7.22. The number of para-hydroxylation sites is 1. The average Bonchev–Trinajstić information content (AvgIpc) is 3.25. The van der Waals surface area contributed by atoms with Crippen LogP contribution in [0.1, 0.15) is 5.56 Å². The second-order valence-electron chi connectivity index (χ2n) is 7.26. The van der Waals surface area contributed by atoms with Gasteiger partial charge in [0.25, 0.3) is 0 Å². The Kier molecular flexibility index (Phi) is 5.40. The van der Waals surface area contributed by atoms with Gasteiger partial charge >= 0.3 is 6.18 Å². The second kappa shape index (κ2) is 8.36. The van der Waals surface area contributed by atoms with Gasteiger partial charge in [-0.15, -0.1) is 0 Å². The van der Waals surface area contributed by atoms with E-state index in [0.717, 1.165) is 53.7 Å². The van der Waals surface area contributed by atoms with E-state index in [-0.39, 0.29) is 0 Å². The van der Waals surface area contributed by atoms with E-state index in [0.29, 0.717) is 22.9 Å². The first-order valence-corrected chi connectivity index (χ1v) is 10.8. The minimum atomic E-state index is -4.38. The number of nitrogens with zero attached hydrogens (tertiary/aromatic N) is 4. The molecule has 2 aromatic heterocycles. The third kappa shape index (κ3) is 4.23. The summed E-state index contributed by atoms with van der Waals surface area (Å²) in [7, 11) is 0. The van der Waals surface area contributed by atoms with Crippen LogP contribution >= 0.6 is 11.3 Å². The number of nitrogens with one attached hydrogen (secondary N) is 1. The van der Waals surface area contributed by atoms with Crippen LogP contribution in [0.25, 0.3) is 21.5 Å². The van der Waals surface area contributed by atoms with Gasteiger partial charge in [0, 0.05) is 37.8 Å². The van der Waals surface area contributed by atoms with Gasteiger partial charge in [0.1, 0.15) is 11.8 Å². The lowest BCUT2D eigenvalue weighted by Gasteiger charge is -2.26. The molecule has 0 radical (unpaired) electrons. The van der Waals surface area contributed by atoms with Crippen molar-refractivity contribution in [2.75, 3.05) is 31.1 Å². The van der Waals surface area contributed by atoms with Crippen molar-refractivity contribution in [3.05, 3.63) is 60.4 Å². The number of ether oxygens (including phenoxy) is 1. The van der Waals surface area contributed by atoms with Gasteiger partial charge in [-0.05, 0) is 24.3 Å². The highest BCUT2D eigenvalue weighted by Crippen LogP contribution is 2.36. The zero-order valence-electron chi connectivity index (χ0n) is 16.8. The van der Waals surface area contributed by atoms with Crippen LogP contribution in [0, 0.1) is 0 Å². The number of benzene rings is 2. The van der Waals surface area contributed by atoms with Crippen molar-refractivity contribution < 1.29 is 17.9 Å². The topological polar surface area (TPSA) is 63.2 Å². The van der Waals surface area contributed by atoms with Crippen molar-refractivity contribution >= 4 is 26.7 Å². The van der Waals surface area contributed by atoms with E-state index in [1.165, 1.54) is 18.5 Å². The Morgan fingerprint density at radius 3 is 2.53 bits per heavy atom. The molecule has 0 bridgehead atoms. The SMILES string of the molecule is FC(F)(F)c1ccc(-c2cc(Oc3cccc4sc(N5CCNCC5)nc34)ncn2)cc1. The molecule has 3 heterocycles. The molecule has 1 N–H and O–H groups in total. The van der Waals surface area contributed by atoms with Crippen molar-refractivity contribution in [2.24, 2.45) is 0 Å². The molecule has 1 aliphatic heterocycles. The quantitative estimate of drug-likeness (QED) is 0.467. The van der Waals surface area contributed by atoms with Crippen LogP contribution < -0.4 is 15.0 Å². The molecule has 6 nitrogen and oxygen atoms in total. The minimum Gasteiger partial charge on any atom is -0.437 e. The predicted molar refractivity (Wildman–Crippen MR) is 117 cm³/mol. The number of hydrogen-bond acceptors (Lipinski definition) is 7. The zero-order valence-corrected chi connectivity index (χ0v) is 17.6. The summed E-state index contributed by atoms with van der Waals surface area (Å²) < 4.78 is 45.5. The smallest absolute Gasteiger partial charge is 0.416 e. The van der Waals surface area contributed by atoms with Crippen LogP contribution in [0.2, 0.25) is 0 Å². The summed E-state index contributed by atoms with van der Waals surface area (Å²) in [6.07, 6.45) is -3.05. The van der Waals surface area contributed by atoms with E-state index in [2.05, 4.69) is 20.2 Å². The molecule has 1 fully saturated rings. The number of anilines is 1. The summed E-state index contributed by atoms with van der Waals surface area (Å²) in [5, 5.41) is 4.28. The molecule has 0 amide bonds. The number of fused-ring (bicyclic) bond motifs is 1. The largest absolute Gasteiger partial charge is 0.437 e. The van der Waals surface area contributed by atoms with E-state index < -0.39 is 11.7 Å². The van der Waals surface area contributed by atoms with E-state index >= 15 is 0 Å². The van der Waals surface area contributed by atoms with Crippen molar-refractivity contribution in [3.63, 3.8) is 0 Å². The Labute approximate surface area is 185 Å². The van der Waals surface area contributed by atoms with Crippen LogP contribution in [-0.2, 0) is 6.18 Å². The molecule has 0 aliphatic carbocycles. The molecule has 10 heteroatoms. The van der Waals surface area contributed by atoms with Crippen LogP contribution in [0.4, 0.5) is 18.3 Å². The minimum absolute atomic E-state index is 0.291. The van der Waals surface area contributed by atoms with Gasteiger partial charge < -0.3 is 15.0 Å². The number of halogens is 3. The van der Waals surface area contributed by atoms with Crippen LogP contribution in [-0.4, -0.2) is 41.1 Å². The molecule has 1 aliphatic rings. The highest BCUT2D eigenvalue weighted by atomic mass is 32.1. The number of thiazole rings is 1. The van der Waals surface area contributed by atoms with E-state index in [1.807, 2.05) is 18.2 Å². The monoisotopic (exact) mass is 457 g/mol. The van der Waals surface area contributed by atoms with Gasteiger partial charge in [0.05, 0.1) is 16.0 Å². The molecule has 4 aromatic rings. The standard InChI is InChI=1S/C22H18F3N5OS/c23-22(24,25)15-6-4-14(5-7-15)16-12-19(28-13-27-16)31-17-2-1-3-18-20(17)29-21(32-18)30-10-8-26-9-11-30/h1-7,12-13,26H,8-11H2. The molecule has 5 rings (SSSR count). The first-order chi connectivity index (χ1) is 15.5. The highest BCUT2D eigenvalue weighted by Gasteiger charge is 2.30. The summed E-state index contributed by atoms with van der Waals surface area (Å²) in [4.78, 5) is 15.4. The summed E-state index contributed by atoms with van der Waals surface area (Å²) in [6.45, 7) is 3.65. The summed E-state index contributed by atoms with van der Waals surface area (Å²) >= 11 is 1.61. The number of alkyl halides is 3. The molecule has 0 spiro atoms. The third-order valence-corrected chi connectivity index (χ3v) is 6.20. The van der Waals surface area contributed by atoms with Crippen LogP contribution in [0.3, 0.4) is 0 Å². The number of piperazine rings is 1. The van der Waals surface area contributed by atoms with Gasteiger partial charge in [-0.25, -0.2) is 15.0 Å². The number of rotatable bonds is 4. The van der Waals surface area contributed by atoms with Crippen LogP contribution in [0.15, 0.2) is 54.9 Å². The lowest BCUT2D eigenvalue weighted by molar-refractivity contribution is -0.137. The fourth-order valence-corrected chi connectivity index (χ4v) is 4.52. The predicted octanol–water partition coefficient (Wildman–Crippen LogP) is 4.97. The molecule has 2 aromatic carbocycles. The average molecular weight is 457 g/mol. The van der Waals surface area contributed by atoms with Crippen molar-refractivity contribution in [1.29, 1.82) is 0 Å². The fourth-order valence-electron chi connectivity index (χ4n) is 3.48. The maximum atomic E-state index is 12.8. The molecular formula is C22H18F3N5OS. The summed E-state index contributed by atoms with van der Waals surface area (Å²) in [5.41, 5.74) is 1.05. The normalized spacial score (nSPS) is 14.7. The molecule has 0 saturated carbocycles. The maximum Gasteiger partial charge on any atom is 0.416 e. The van der Waals surface area contributed by atoms with Crippen molar-refractivity contribution in [3.8, 4) is 22.9 Å². The summed E-state index contributed by atoms with van der Waals surface area (Å²) in [6, 6.07) is 12.2. The van der Waals surface area contributed by atoms with Gasteiger partial charge in [-0.2, -0.15) is 13.2 Å². The van der Waals surface area contributed by atoms with E-state index in [9.17, 15) is 13.2 Å². The Morgan fingerprint density at radius 1 is 1.00 bits per heavy atom. The fraction of sp³-hybridized carbons (Fsp3) is 0.227. The number of aromatic nitrogens is 3. The first-order valence-electron chi connectivity index (χ1n) is 10.0. The van der Waals surface area contributed by atoms with E-state index in [1.54, 1.807) is 17.4 Å². The van der Waals surface area contributed by atoms with E-state index in [4.69, 9.17) is 9.72 Å². The Morgan fingerprint density at radius 2 is 1.78 bits per heavy atom. The van der Waals surface area contributed by atoms with Crippen molar-refractivity contribution in [2.45, 2.75) is 6.18 Å². The molecule has 164 valence electrons. The van der Waals surface area contributed by atoms with Gasteiger partial charge in [0.2, 0.25) is 5.88 Å². The molecule has 0 unspecified atom stereocenters. The Balaban J connectivity index is 1.41. The lowest BCUT2D eigenvalue weighted by Crippen LogP contribution is -2.43. The lowest BCUT2D eigenvalue weighted by atomic mass is 10.1. The molecule has 0 atom stereocenters. The first kappa shape index (κ1) is 20.7.